The van der Waals surface area contributed by atoms with Crippen molar-refractivity contribution in [2.75, 3.05) is 0 Å². The number of carboxylic acids is 1. The predicted molar refractivity (Wildman–Crippen MR) is 133 cm³/mol. The van der Waals surface area contributed by atoms with Crippen LogP contribution in [0.2, 0.25) is 0 Å². The van der Waals surface area contributed by atoms with Crippen molar-refractivity contribution in [1.82, 2.24) is 0 Å². The van der Waals surface area contributed by atoms with Crippen molar-refractivity contribution in [2.24, 2.45) is 50.2 Å². The molecule has 2 N–H and O–H groups in total. The van der Waals surface area contributed by atoms with Gasteiger partial charge in [-0.2, -0.15) is 0 Å². The molecule has 5 aliphatic carbocycles. The molecule has 4 heteroatoms. The Labute approximate surface area is 206 Å². The van der Waals surface area contributed by atoms with Crippen molar-refractivity contribution < 1.29 is 19.8 Å². The quantitative estimate of drug-likeness (QED) is 0.434. The molecule has 0 radical (unpaired) electrons. The van der Waals surface area contributed by atoms with Gasteiger partial charge in [-0.3, -0.25) is 9.59 Å². The van der Waals surface area contributed by atoms with Gasteiger partial charge in [-0.1, -0.05) is 60.1 Å². The number of Topliss-reactive ketones (excluding diaryl/α,β-unsaturated/α-hetero) is 1. The van der Waals surface area contributed by atoms with Crippen LogP contribution in [0.25, 0.3) is 0 Å². The fourth-order valence-corrected chi connectivity index (χ4v) is 10.6. The van der Waals surface area contributed by atoms with Crippen LogP contribution in [0.15, 0.2) is 11.6 Å². The lowest BCUT2D eigenvalue weighted by molar-refractivity contribution is -0.200. The van der Waals surface area contributed by atoms with Gasteiger partial charge >= 0.3 is 5.97 Å². The van der Waals surface area contributed by atoms with Crippen molar-refractivity contribution in [1.29, 1.82) is 0 Å². The third kappa shape index (κ3) is 2.81. The second-order valence-electron chi connectivity index (χ2n) is 15.0. The molecule has 4 saturated carbocycles. The lowest BCUT2D eigenvalue weighted by Crippen LogP contribution is -2.66. The van der Waals surface area contributed by atoms with E-state index in [1.807, 2.05) is 0 Å². The number of fused-ring (bicyclic) bond motifs is 7. The third-order valence-electron chi connectivity index (χ3n) is 12.8. The Morgan fingerprint density at radius 2 is 1.56 bits per heavy atom. The Kier molecular flexibility index (Phi) is 5.04. The molecule has 5 rings (SSSR count). The molecule has 0 bridgehead atoms. The molecule has 0 spiro atoms. The Morgan fingerprint density at radius 1 is 0.912 bits per heavy atom. The van der Waals surface area contributed by atoms with Crippen LogP contribution in [0.5, 0.6) is 0 Å². The minimum Gasteiger partial charge on any atom is -0.481 e. The number of rotatable bonds is 1. The number of carboxylic acid groups (broad SMARTS) is 1. The Hall–Kier alpha value is -1.16. The number of ketones is 1. The van der Waals surface area contributed by atoms with E-state index in [2.05, 4.69) is 54.5 Å². The first-order chi connectivity index (χ1) is 15.6. The van der Waals surface area contributed by atoms with E-state index >= 15 is 0 Å². The average molecular weight is 471 g/mol. The molecular weight excluding hydrogens is 424 g/mol. The summed E-state index contributed by atoms with van der Waals surface area (Å²) in [4.78, 5) is 25.7. The van der Waals surface area contributed by atoms with Gasteiger partial charge in [0.15, 0.2) is 5.78 Å². The summed E-state index contributed by atoms with van der Waals surface area (Å²) in [5.41, 5.74) is 0.408. The van der Waals surface area contributed by atoms with Crippen LogP contribution in [0.1, 0.15) is 106 Å². The molecule has 4 fully saturated rings. The fourth-order valence-electron chi connectivity index (χ4n) is 10.6. The van der Waals surface area contributed by atoms with Crippen LogP contribution < -0.4 is 0 Å². The molecule has 4 nitrogen and oxygen atoms in total. The van der Waals surface area contributed by atoms with E-state index in [0.717, 1.165) is 51.4 Å². The van der Waals surface area contributed by atoms with E-state index in [0.29, 0.717) is 12.3 Å². The number of aliphatic hydroxyl groups excluding tert-OH is 1. The second kappa shape index (κ2) is 6.99. The highest BCUT2D eigenvalue weighted by Gasteiger charge is 2.70. The van der Waals surface area contributed by atoms with Crippen LogP contribution in [-0.2, 0) is 9.59 Å². The van der Waals surface area contributed by atoms with Gasteiger partial charge in [-0.25, -0.2) is 0 Å². The summed E-state index contributed by atoms with van der Waals surface area (Å²) in [7, 11) is 0. The van der Waals surface area contributed by atoms with Crippen molar-refractivity contribution in [2.45, 2.75) is 112 Å². The third-order valence-corrected chi connectivity index (χ3v) is 12.8. The molecule has 34 heavy (non-hydrogen) atoms. The minimum absolute atomic E-state index is 0.0187. The van der Waals surface area contributed by atoms with Crippen LogP contribution in [0.4, 0.5) is 0 Å². The summed E-state index contributed by atoms with van der Waals surface area (Å²) in [6.45, 7) is 16.0. The van der Waals surface area contributed by atoms with E-state index in [1.54, 1.807) is 0 Å². The number of aliphatic carboxylic acids is 1. The first-order valence-corrected chi connectivity index (χ1v) is 13.7. The number of carbonyl (C=O) groups excluding carboxylic acids is 1. The van der Waals surface area contributed by atoms with E-state index < -0.39 is 22.9 Å². The zero-order valence-electron chi connectivity index (χ0n) is 22.5. The minimum atomic E-state index is -0.873. The molecule has 0 aromatic carbocycles. The molecule has 0 unspecified atom stereocenters. The number of aliphatic hydroxyl groups is 1. The highest BCUT2D eigenvalue weighted by atomic mass is 16.4. The van der Waals surface area contributed by atoms with Crippen LogP contribution in [0, 0.1) is 50.2 Å². The topological polar surface area (TPSA) is 74.6 Å². The monoisotopic (exact) mass is 470 g/mol. The lowest BCUT2D eigenvalue weighted by Gasteiger charge is -2.70. The summed E-state index contributed by atoms with van der Waals surface area (Å²) in [5, 5.41) is 21.4. The highest BCUT2D eigenvalue weighted by molar-refractivity contribution is 5.89. The zero-order valence-corrected chi connectivity index (χ0v) is 22.5. The van der Waals surface area contributed by atoms with E-state index in [1.165, 1.54) is 5.57 Å². The van der Waals surface area contributed by atoms with Crippen LogP contribution in [0.3, 0.4) is 0 Å². The van der Waals surface area contributed by atoms with Crippen LogP contribution >= 0.6 is 0 Å². The maximum absolute atomic E-state index is 13.0. The SMILES string of the molecule is CC1(C)CC[C@]2(C(=O)O)CC[C@]3(C)C(=CC[C@@H]4[C@@]5(C)C[C@@H](O)C(=O)C(C)(C)[C@@H]5CC[C@]43C)[C@@H]2C1. The van der Waals surface area contributed by atoms with Gasteiger partial charge < -0.3 is 10.2 Å². The molecular formula is C30H46O4. The molecule has 0 heterocycles. The van der Waals surface area contributed by atoms with Gasteiger partial charge in [0.2, 0.25) is 0 Å². The van der Waals surface area contributed by atoms with Gasteiger partial charge in [0.1, 0.15) is 6.10 Å². The molecule has 0 saturated heterocycles. The van der Waals surface area contributed by atoms with Gasteiger partial charge in [0.25, 0.3) is 0 Å². The molecule has 190 valence electrons. The standard InChI is InChI=1S/C30H46O4/c1-25(2)12-14-30(24(33)34)15-13-28(6)18(19(30)16-25)8-9-22-27(5)17-20(31)23(32)26(3,4)21(27)10-11-29(22,28)7/h8,19-22,31H,9-17H2,1-7H3,(H,33,34)/t19-,20+,21-,22+,27-,28+,29+,30-/m0/s1. The maximum Gasteiger partial charge on any atom is 0.310 e. The predicted octanol–water partition coefficient (Wildman–Crippen LogP) is 6.41. The first-order valence-electron chi connectivity index (χ1n) is 13.7. The molecule has 0 aliphatic heterocycles. The lowest BCUT2D eigenvalue weighted by atomic mass is 9.33. The smallest absolute Gasteiger partial charge is 0.310 e. The summed E-state index contributed by atoms with van der Waals surface area (Å²) in [6.07, 6.45) is 9.62. The normalized spacial score (nSPS) is 51.3. The highest BCUT2D eigenvalue weighted by Crippen LogP contribution is 2.75. The zero-order chi connectivity index (χ0) is 25.1. The van der Waals surface area contributed by atoms with Gasteiger partial charge in [0.05, 0.1) is 5.41 Å². The van der Waals surface area contributed by atoms with Crippen molar-refractivity contribution >= 4 is 11.8 Å². The number of hydrogen-bond acceptors (Lipinski definition) is 3. The molecule has 0 aromatic heterocycles. The molecule has 8 atom stereocenters. The van der Waals surface area contributed by atoms with E-state index in [-0.39, 0.29) is 39.3 Å². The van der Waals surface area contributed by atoms with Gasteiger partial charge in [0, 0.05) is 5.41 Å². The molecule has 0 amide bonds. The Bertz CT molecular complexity index is 961. The Balaban J connectivity index is 1.61. The van der Waals surface area contributed by atoms with Crippen molar-refractivity contribution in [3.63, 3.8) is 0 Å². The summed E-state index contributed by atoms with van der Waals surface area (Å²) in [6, 6.07) is 0. The van der Waals surface area contributed by atoms with Crippen LogP contribution in [-0.4, -0.2) is 28.1 Å². The molecule has 5 aliphatic rings. The van der Waals surface area contributed by atoms with Gasteiger partial charge in [-0.05, 0) is 97.2 Å². The largest absolute Gasteiger partial charge is 0.481 e. The average Bonchev–Trinajstić information content (AvgIpc) is 2.72. The molecule has 0 aromatic rings. The Morgan fingerprint density at radius 3 is 2.21 bits per heavy atom. The first kappa shape index (κ1) is 24.5. The fraction of sp³-hybridized carbons (Fsp3) is 0.867. The number of hydrogen-bond donors (Lipinski definition) is 2. The van der Waals surface area contributed by atoms with Gasteiger partial charge in [-0.15, -0.1) is 0 Å². The summed E-state index contributed by atoms with van der Waals surface area (Å²) in [5.74, 6) is 0.219. The maximum atomic E-state index is 13.0. The second-order valence-corrected chi connectivity index (χ2v) is 15.0. The van der Waals surface area contributed by atoms with E-state index in [4.69, 9.17) is 0 Å². The number of allylic oxidation sites excluding steroid dienone is 2. The van der Waals surface area contributed by atoms with Crippen molar-refractivity contribution in [3.05, 3.63) is 11.6 Å². The summed E-state index contributed by atoms with van der Waals surface area (Å²) >= 11 is 0. The number of carbonyl (C=O) groups is 2. The summed E-state index contributed by atoms with van der Waals surface area (Å²) < 4.78 is 0. The van der Waals surface area contributed by atoms with E-state index in [9.17, 15) is 19.8 Å². The van der Waals surface area contributed by atoms with Crippen molar-refractivity contribution in [3.8, 4) is 0 Å².